The van der Waals surface area contributed by atoms with Crippen LogP contribution in [0.25, 0.3) is 11.3 Å². The smallest absolute Gasteiger partial charge is 0.216 e. The van der Waals surface area contributed by atoms with E-state index in [1.807, 2.05) is 34.2 Å². The second-order valence-corrected chi connectivity index (χ2v) is 6.67. The Morgan fingerprint density at radius 3 is 2.81 bits per heavy atom. The minimum absolute atomic E-state index is 0.107. The lowest BCUT2D eigenvalue weighted by Gasteiger charge is -2.10. The van der Waals surface area contributed by atoms with Crippen molar-refractivity contribution in [1.29, 1.82) is 0 Å². The summed E-state index contributed by atoms with van der Waals surface area (Å²) in [7, 11) is 1.61. The van der Waals surface area contributed by atoms with Gasteiger partial charge in [0.15, 0.2) is 4.80 Å². The van der Waals surface area contributed by atoms with E-state index in [1.165, 1.54) is 24.3 Å². The molecule has 7 heteroatoms. The van der Waals surface area contributed by atoms with Crippen molar-refractivity contribution in [3.63, 3.8) is 0 Å². The number of carbonyl (C=O) groups excluding carboxylic acids is 1. The molecule has 0 fully saturated rings. The fraction of sp³-hybridized carbons (Fsp3) is 0.200. The van der Waals surface area contributed by atoms with E-state index in [-0.39, 0.29) is 11.7 Å². The Balaban J connectivity index is 2.06. The highest BCUT2D eigenvalue weighted by molar-refractivity contribution is 7.07. The number of hydrogen-bond donors (Lipinski definition) is 1. The van der Waals surface area contributed by atoms with Crippen LogP contribution in [0.1, 0.15) is 6.92 Å². The van der Waals surface area contributed by atoms with Crippen molar-refractivity contribution in [2.45, 2.75) is 13.5 Å². The van der Waals surface area contributed by atoms with Gasteiger partial charge in [-0.25, -0.2) is 9.38 Å². The highest BCUT2D eigenvalue weighted by Gasteiger charge is 2.12. The maximum Gasteiger partial charge on any atom is 0.216 e. The third-order valence-corrected chi connectivity index (χ3v) is 4.80. The molecule has 5 nitrogen and oxygen atoms in total. The number of nitrogens with one attached hydrogen (secondary N) is 1. The van der Waals surface area contributed by atoms with Crippen molar-refractivity contribution in [1.82, 2.24) is 9.88 Å². The van der Waals surface area contributed by atoms with Gasteiger partial charge in [0.1, 0.15) is 11.6 Å². The van der Waals surface area contributed by atoms with Gasteiger partial charge in [0.05, 0.1) is 18.5 Å². The first-order valence-electron chi connectivity index (χ1n) is 8.45. The molecule has 3 aromatic rings. The van der Waals surface area contributed by atoms with E-state index in [1.54, 1.807) is 25.3 Å². The van der Waals surface area contributed by atoms with Gasteiger partial charge in [-0.3, -0.25) is 4.79 Å². The van der Waals surface area contributed by atoms with E-state index in [4.69, 9.17) is 4.74 Å². The highest BCUT2D eigenvalue weighted by atomic mass is 32.1. The molecule has 1 amide bonds. The van der Waals surface area contributed by atoms with Gasteiger partial charge in [-0.1, -0.05) is 18.2 Å². The van der Waals surface area contributed by atoms with E-state index in [9.17, 15) is 9.18 Å². The predicted molar refractivity (Wildman–Crippen MR) is 105 cm³/mol. The number of thiazole rings is 1. The summed E-state index contributed by atoms with van der Waals surface area (Å²) in [5, 5.41) is 4.66. The van der Waals surface area contributed by atoms with E-state index in [2.05, 4.69) is 10.3 Å². The number of halogens is 1. The summed E-state index contributed by atoms with van der Waals surface area (Å²) in [5.41, 5.74) is 1.97. The highest BCUT2D eigenvalue weighted by Crippen LogP contribution is 2.24. The first kappa shape index (κ1) is 18.8. The molecule has 0 unspecified atom stereocenters. The van der Waals surface area contributed by atoms with Crippen molar-refractivity contribution in [3.8, 4) is 17.0 Å². The number of benzene rings is 2. The number of amides is 1. The molecule has 0 bridgehead atoms. The van der Waals surface area contributed by atoms with Gasteiger partial charge in [0.25, 0.3) is 0 Å². The molecule has 0 saturated carbocycles. The van der Waals surface area contributed by atoms with Crippen LogP contribution in [0.3, 0.4) is 0 Å². The number of nitrogens with zero attached hydrogens (tertiary/aromatic N) is 2. The van der Waals surface area contributed by atoms with Crippen LogP contribution in [0.15, 0.2) is 58.9 Å². The van der Waals surface area contributed by atoms with Gasteiger partial charge >= 0.3 is 0 Å². The van der Waals surface area contributed by atoms with Crippen molar-refractivity contribution >= 4 is 22.9 Å². The first-order chi connectivity index (χ1) is 13.1. The zero-order chi connectivity index (χ0) is 19.2. The summed E-state index contributed by atoms with van der Waals surface area (Å²) in [6.45, 7) is 2.38. The van der Waals surface area contributed by atoms with Crippen molar-refractivity contribution in [3.05, 3.63) is 64.5 Å². The molecule has 0 aliphatic rings. The Hall–Kier alpha value is -2.93. The van der Waals surface area contributed by atoms with Crippen molar-refractivity contribution in [2.75, 3.05) is 13.7 Å². The molecule has 2 aromatic carbocycles. The van der Waals surface area contributed by atoms with Gasteiger partial charge in [-0.2, -0.15) is 0 Å². The molecule has 27 heavy (non-hydrogen) atoms. The fourth-order valence-corrected chi connectivity index (χ4v) is 3.60. The lowest BCUT2D eigenvalue weighted by atomic mass is 10.1. The average Bonchev–Trinajstić information content (AvgIpc) is 3.04. The molecule has 0 saturated heterocycles. The second kappa shape index (κ2) is 8.64. The fourth-order valence-electron chi connectivity index (χ4n) is 2.65. The lowest BCUT2D eigenvalue weighted by Crippen LogP contribution is -2.28. The van der Waals surface area contributed by atoms with Crippen molar-refractivity contribution < 1.29 is 13.9 Å². The Morgan fingerprint density at radius 2 is 2.07 bits per heavy atom. The summed E-state index contributed by atoms with van der Waals surface area (Å²) in [6, 6.07) is 14.1. The zero-order valence-electron chi connectivity index (χ0n) is 15.1. The monoisotopic (exact) mass is 385 g/mol. The molecule has 1 N–H and O–H groups in total. The van der Waals surface area contributed by atoms with Gasteiger partial charge < -0.3 is 14.6 Å². The topological polar surface area (TPSA) is 55.6 Å². The lowest BCUT2D eigenvalue weighted by molar-refractivity contribution is -0.118. The number of aromatic nitrogens is 1. The van der Waals surface area contributed by atoms with Crippen LogP contribution in [0, 0.1) is 5.82 Å². The third-order valence-electron chi connectivity index (χ3n) is 3.93. The Bertz CT molecular complexity index is 1010. The van der Waals surface area contributed by atoms with Gasteiger partial charge in [-0.05, 0) is 24.3 Å². The van der Waals surface area contributed by atoms with Crippen LogP contribution in [-0.4, -0.2) is 24.1 Å². The standard InChI is InChI=1S/C20H20FN3O2S/c1-14(25)22-10-11-24-19(17-8-3-4-9-18(17)21)13-27-20(24)23-15-6-5-7-16(12-15)26-2/h3-9,12-13H,10-11H2,1-2H3,(H,22,25). The zero-order valence-corrected chi connectivity index (χ0v) is 15.9. The molecule has 3 rings (SSSR count). The maximum atomic E-state index is 14.3. The van der Waals surface area contributed by atoms with Crippen LogP contribution >= 0.6 is 11.3 Å². The summed E-state index contributed by atoms with van der Waals surface area (Å²) >= 11 is 1.42. The van der Waals surface area contributed by atoms with Gasteiger partial charge in [-0.15, -0.1) is 11.3 Å². The van der Waals surface area contributed by atoms with E-state index >= 15 is 0 Å². The molecule has 0 aliphatic carbocycles. The summed E-state index contributed by atoms with van der Waals surface area (Å²) in [6.07, 6.45) is 0. The number of ether oxygens (including phenoxy) is 1. The van der Waals surface area contributed by atoms with E-state index in [0.717, 1.165) is 11.4 Å². The Morgan fingerprint density at radius 1 is 1.26 bits per heavy atom. The average molecular weight is 385 g/mol. The minimum atomic E-state index is -0.295. The molecule has 0 spiro atoms. The third kappa shape index (κ3) is 4.62. The van der Waals surface area contributed by atoms with Gasteiger partial charge in [0.2, 0.25) is 5.91 Å². The summed E-state index contributed by atoms with van der Waals surface area (Å²) in [4.78, 5) is 16.6. The van der Waals surface area contributed by atoms with Crippen LogP contribution in [0.2, 0.25) is 0 Å². The molecule has 140 valence electrons. The SMILES string of the molecule is COc1cccc(N=c2scc(-c3ccccc3F)n2CCNC(C)=O)c1. The summed E-state index contributed by atoms with van der Waals surface area (Å²) < 4.78 is 21.5. The Kier molecular flexibility index (Phi) is 6.03. The second-order valence-electron chi connectivity index (χ2n) is 5.83. The quantitative estimate of drug-likeness (QED) is 0.703. The first-order valence-corrected chi connectivity index (χ1v) is 9.33. The summed E-state index contributed by atoms with van der Waals surface area (Å²) in [5.74, 6) is 0.313. The Labute approximate surface area is 160 Å². The van der Waals surface area contributed by atoms with E-state index in [0.29, 0.717) is 29.2 Å². The molecular weight excluding hydrogens is 365 g/mol. The van der Waals surface area contributed by atoms with Crippen LogP contribution < -0.4 is 14.9 Å². The molecule has 0 atom stereocenters. The largest absolute Gasteiger partial charge is 0.497 e. The molecular formula is C20H20FN3O2S. The molecule has 0 aliphatic heterocycles. The number of carbonyl (C=O) groups is 1. The van der Waals surface area contributed by atoms with Crippen molar-refractivity contribution in [2.24, 2.45) is 4.99 Å². The van der Waals surface area contributed by atoms with Crippen LogP contribution in [0.5, 0.6) is 5.75 Å². The maximum absolute atomic E-state index is 14.3. The van der Waals surface area contributed by atoms with Gasteiger partial charge in [0, 0.05) is 37.0 Å². The number of hydrogen-bond acceptors (Lipinski definition) is 4. The number of rotatable bonds is 6. The molecule has 0 radical (unpaired) electrons. The minimum Gasteiger partial charge on any atom is -0.497 e. The number of methoxy groups -OCH3 is 1. The normalized spacial score (nSPS) is 11.4. The van der Waals surface area contributed by atoms with Crippen LogP contribution in [0.4, 0.5) is 10.1 Å². The van der Waals surface area contributed by atoms with E-state index < -0.39 is 0 Å². The predicted octanol–water partition coefficient (Wildman–Crippen LogP) is 3.73. The molecule has 1 aromatic heterocycles. The van der Waals surface area contributed by atoms with Crippen LogP contribution in [-0.2, 0) is 11.3 Å². The molecule has 1 heterocycles.